The van der Waals surface area contributed by atoms with Crippen molar-refractivity contribution in [3.8, 4) is 11.5 Å². The Morgan fingerprint density at radius 3 is 2.55 bits per heavy atom. The van der Waals surface area contributed by atoms with E-state index in [4.69, 9.17) is 8.94 Å². The molecule has 3 rings (SSSR count). The van der Waals surface area contributed by atoms with Gasteiger partial charge in [0.1, 0.15) is 0 Å². The first-order valence-electron chi connectivity index (χ1n) is 6.87. The predicted molar refractivity (Wildman–Crippen MR) is 80.2 cm³/mol. The molecule has 0 amide bonds. The summed E-state index contributed by atoms with van der Waals surface area (Å²) in [5.41, 5.74) is 0.835. The Morgan fingerprint density at radius 1 is 1.09 bits per heavy atom. The van der Waals surface area contributed by atoms with Gasteiger partial charge in [-0.1, -0.05) is 30.8 Å². The minimum atomic E-state index is -0.0641. The molecule has 0 bridgehead atoms. The van der Waals surface area contributed by atoms with Crippen molar-refractivity contribution >= 4 is 11.8 Å². The third-order valence-electron chi connectivity index (χ3n) is 2.93. The van der Waals surface area contributed by atoms with Gasteiger partial charge in [0, 0.05) is 23.9 Å². The second kappa shape index (κ2) is 6.27. The van der Waals surface area contributed by atoms with E-state index in [1.807, 2.05) is 32.9 Å². The molecule has 22 heavy (non-hydrogen) atoms. The molecule has 0 aliphatic heterocycles. The van der Waals surface area contributed by atoms with Gasteiger partial charge in [-0.05, 0) is 19.1 Å². The number of thioether (sulfide) groups is 1. The SMILES string of the molecule is CC(C)c1noc(C(C)Sc2nnc(-c3ccncc3)o2)n1. The molecule has 1 unspecified atom stereocenters. The fraction of sp³-hybridized carbons (Fsp3) is 0.357. The summed E-state index contributed by atoms with van der Waals surface area (Å²) in [6, 6.07) is 3.64. The van der Waals surface area contributed by atoms with Crippen LogP contribution in [-0.2, 0) is 0 Å². The zero-order chi connectivity index (χ0) is 15.5. The molecule has 7 nitrogen and oxygen atoms in total. The van der Waals surface area contributed by atoms with E-state index >= 15 is 0 Å². The fourth-order valence-electron chi connectivity index (χ4n) is 1.72. The second-order valence-electron chi connectivity index (χ2n) is 5.01. The highest BCUT2D eigenvalue weighted by Gasteiger charge is 2.20. The van der Waals surface area contributed by atoms with Crippen molar-refractivity contribution in [2.75, 3.05) is 0 Å². The van der Waals surface area contributed by atoms with Crippen molar-refractivity contribution in [2.45, 2.75) is 37.2 Å². The predicted octanol–water partition coefficient (Wildman–Crippen LogP) is 3.49. The minimum absolute atomic E-state index is 0.0641. The zero-order valence-electron chi connectivity index (χ0n) is 12.4. The molecule has 0 spiro atoms. The molecular formula is C14H15N5O2S. The first kappa shape index (κ1) is 14.7. The van der Waals surface area contributed by atoms with Gasteiger partial charge in [-0.25, -0.2) is 0 Å². The lowest BCUT2D eigenvalue weighted by Crippen LogP contribution is -1.92. The third-order valence-corrected chi connectivity index (χ3v) is 3.85. The van der Waals surface area contributed by atoms with E-state index in [2.05, 4.69) is 25.3 Å². The Balaban J connectivity index is 1.71. The maximum atomic E-state index is 5.64. The Kier molecular flexibility index (Phi) is 4.19. The van der Waals surface area contributed by atoms with Gasteiger partial charge in [-0.2, -0.15) is 4.98 Å². The monoisotopic (exact) mass is 317 g/mol. The molecule has 0 fully saturated rings. The van der Waals surface area contributed by atoms with Gasteiger partial charge in [-0.3, -0.25) is 4.98 Å². The lowest BCUT2D eigenvalue weighted by molar-refractivity contribution is 0.372. The summed E-state index contributed by atoms with van der Waals surface area (Å²) in [4.78, 5) is 8.33. The topological polar surface area (TPSA) is 90.7 Å². The van der Waals surface area contributed by atoms with Crippen LogP contribution < -0.4 is 0 Å². The van der Waals surface area contributed by atoms with Crippen molar-refractivity contribution in [2.24, 2.45) is 0 Å². The molecule has 0 aliphatic carbocycles. The van der Waals surface area contributed by atoms with Crippen molar-refractivity contribution in [3.05, 3.63) is 36.2 Å². The third kappa shape index (κ3) is 3.16. The van der Waals surface area contributed by atoms with Crippen LogP contribution in [0.1, 0.15) is 43.7 Å². The summed E-state index contributed by atoms with van der Waals surface area (Å²) in [5.74, 6) is 1.95. The van der Waals surface area contributed by atoms with E-state index in [-0.39, 0.29) is 11.2 Å². The van der Waals surface area contributed by atoms with Gasteiger partial charge in [0.15, 0.2) is 5.82 Å². The molecule has 0 N–H and O–H groups in total. The molecular weight excluding hydrogens is 302 g/mol. The Labute approximate surface area is 131 Å². The molecule has 0 aliphatic rings. The number of hydrogen-bond donors (Lipinski definition) is 0. The largest absolute Gasteiger partial charge is 0.411 e. The number of hydrogen-bond acceptors (Lipinski definition) is 8. The fourth-order valence-corrected chi connectivity index (χ4v) is 2.43. The average molecular weight is 317 g/mol. The first-order valence-corrected chi connectivity index (χ1v) is 7.75. The molecule has 8 heteroatoms. The Hall–Kier alpha value is -2.22. The summed E-state index contributed by atoms with van der Waals surface area (Å²) < 4.78 is 10.9. The molecule has 0 radical (unpaired) electrons. The van der Waals surface area contributed by atoms with Crippen LogP contribution in [0.2, 0.25) is 0 Å². The number of pyridine rings is 1. The highest BCUT2D eigenvalue weighted by molar-refractivity contribution is 7.99. The molecule has 3 aromatic heterocycles. The molecule has 0 saturated carbocycles. The standard InChI is InChI=1S/C14H15N5O2S/c1-8(2)11-16-12(21-19-11)9(3)22-14-18-17-13(20-14)10-4-6-15-7-5-10/h4-9H,1-3H3. The highest BCUT2D eigenvalue weighted by Crippen LogP contribution is 2.34. The van der Waals surface area contributed by atoms with Crippen LogP contribution in [0, 0.1) is 0 Å². The van der Waals surface area contributed by atoms with Crippen LogP contribution in [0.5, 0.6) is 0 Å². The van der Waals surface area contributed by atoms with E-state index < -0.39 is 0 Å². The summed E-state index contributed by atoms with van der Waals surface area (Å²) >= 11 is 1.39. The van der Waals surface area contributed by atoms with Crippen LogP contribution in [0.25, 0.3) is 11.5 Å². The summed E-state index contributed by atoms with van der Waals surface area (Å²) in [5, 5.41) is 12.4. The maximum Gasteiger partial charge on any atom is 0.277 e. The van der Waals surface area contributed by atoms with Crippen LogP contribution in [-0.4, -0.2) is 25.3 Å². The van der Waals surface area contributed by atoms with Gasteiger partial charge < -0.3 is 8.94 Å². The van der Waals surface area contributed by atoms with E-state index in [1.54, 1.807) is 12.4 Å². The Bertz CT molecular complexity index is 741. The second-order valence-corrected chi connectivity index (χ2v) is 6.31. The van der Waals surface area contributed by atoms with Gasteiger partial charge in [0.2, 0.25) is 11.8 Å². The minimum Gasteiger partial charge on any atom is -0.411 e. The van der Waals surface area contributed by atoms with Crippen LogP contribution in [0.3, 0.4) is 0 Å². The highest BCUT2D eigenvalue weighted by atomic mass is 32.2. The maximum absolute atomic E-state index is 5.64. The quantitative estimate of drug-likeness (QED) is 0.660. The van der Waals surface area contributed by atoms with Gasteiger partial charge in [-0.15, -0.1) is 10.2 Å². The number of rotatable bonds is 5. The molecule has 3 heterocycles. The van der Waals surface area contributed by atoms with Crippen molar-refractivity contribution in [3.63, 3.8) is 0 Å². The molecule has 0 aromatic carbocycles. The van der Waals surface area contributed by atoms with Crippen LogP contribution >= 0.6 is 11.8 Å². The van der Waals surface area contributed by atoms with E-state index in [1.165, 1.54) is 11.8 Å². The summed E-state index contributed by atoms with van der Waals surface area (Å²) in [6.07, 6.45) is 3.36. The van der Waals surface area contributed by atoms with Crippen molar-refractivity contribution < 1.29 is 8.94 Å². The normalized spacial score (nSPS) is 12.7. The summed E-state index contributed by atoms with van der Waals surface area (Å²) in [7, 11) is 0. The zero-order valence-corrected chi connectivity index (χ0v) is 13.2. The van der Waals surface area contributed by atoms with Gasteiger partial charge >= 0.3 is 0 Å². The van der Waals surface area contributed by atoms with Crippen LogP contribution in [0.15, 0.2) is 38.7 Å². The molecule has 3 aromatic rings. The molecule has 114 valence electrons. The van der Waals surface area contributed by atoms with Gasteiger partial charge in [0.25, 0.3) is 5.22 Å². The van der Waals surface area contributed by atoms with Gasteiger partial charge in [0.05, 0.1) is 5.25 Å². The van der Waals surface area contributed by atoms with Crippen LogP contribution in [0.4, 0.5) is 0 Å². The lowest BCUT2D eigenvalue weighted by Gasteiger charge is -2.01. The van der Waals surface area contributed by atoms with E-state index in [0.717, 1.165) is 5.56 Å². The smallest absolute Gasteiger partial charge is 0.277 e. The van der Waals surface area contributed by atoms with E-state index in [0.29, 0.717) is 22.8 Å². The van der Waals surface area contributed by atoms with E-state index in [9.17, 15) is 0 Å². The Morgan fingerprint density at radius 2 is 1.86 bits per heavy atom. The average Bonchev–Trinajstić information content (AvgIpc) is 3.17. The first-order chi connectivity index (χ1) is 10.6. The number of aromatic nitrogens is 5. The van der Waals surface area contributed by atoms with Crippen molar-refractivity contribution in [1.29, 1.82) is 0 Å². The summed E-state index contributed by atoms with van der Waals surface area (Å²) in [6.45, 7) is 6.00. The number of nitrogens with zero attached hydrogens (tertiary/aromatic N) is 5. The molecule has 1 atom stereocenters. The van der Waals surface area contributed by atoms with Crippen molar-refractivity contribution in [1.82, 2.24) is 25.3 Å². The lowest BCUT2D eigenvalue weighted by atomic mass is 10.2. The molecule has 0 saturated heterocycles.